The Labute approximate surface area is 102 Å². The normalized spacial score (nSPS) is 12.6. The van der Waals surface area contributed by atoms with Crippen molar-refractivity contribution < 1.29 is 4.74 Å². The molecule has 1 aromatic carbocycles. The molecule has 0 aliphatic rings. The van der Waals surface area contributed by atoms with Gasteiger partial charge < -0.3 is 16.2 Å². The zero-order chi connectivity index (χ0) is 12.3. The van der Waals surface area contributed by atoms with Gasteiger partial charge in [0.15, 0.2) is 0 Å². The fraction of sp³-hybridized carbons (Fsp3) is 0.500. The summed E-state index contributed by atoms with van der Waals surface area (Å²) < 4.78 is 5.51. The third-order valence-electron chi connectivity index (χ3n) is 2.63. The molecule has 90 valence electrons. The van der Waals surface area contributed by atoms with Gasteiger partial charge in [-0.3, -0.25) is 0 Å². The van der Waals surface area contributed by atoms with Crippen LogP contribution in [0.3, 0.4) is 0 Å². The predicted molar refractivity (Wildman–Crippen MR) is 68.1 cm³/mol. The van der Waals surface area contributed by atoms with Crippen molar-refractivity contribution in [1.82, 2.24) is 0 Å². The average molecular weight is 243 g/mol. The molecule has 0 radical (unpaired) electrons. The zero-order valence-electron chi connectivity index (χ0n) is 10.0. The van der Waals surface area contributed by atoms with E-state index in [0.29, 0.717) is 18.2 Å². The lowest BCUT2D eigenvalue weighted by Crippen LogP contribution is -2.22. The molecule has 1 rings (SSSR count). The minimum atomic E-state index is -0.174. The van der Waals surface area contributed by atoms with Gasteiger partial charge in [-0.15, -0.1) is 0 Å². The first-order valence-corrected chi connectivity index (χ1v) is 5.78. The molecule has 1 aromatic rings. The Balaban J connectivity index is 3.27. The van der Waals surface area contributed by atoms with Gasteiger partial charge in [0.1, 0.15) is 5.75 Å². The summed E-state index contributed by atoms with van der Waals surface area (Å²) in [5.74, 6) is 0.745. The molecule has 0 saturated heterocycles. The third-order valence-corrected chi connectivity index (χ3v) is 3.09. The topological polar surface area (TPSA) is 61.3 Å². The Hall–Kier alpha value is -0.770. The molecule has 0 amide bonds. The number of halogens is 1. The van der Waals surface area contributed by atoms with E-state index in [1.807, 2.05) is 26.8 Å². The lowest BCUT2D eigenvalue weighted by molar-refractivity contribution is 0.337. The summed E-state index contributed by atoms with van der Waals surface area (Å²) in [5.41, 5.74) is 14.4. The largest absolute Gasteiger partial charge is 0.492 e. The van der Waals surface area contributed by atoms with Crippen LogP contribution in [0.25, 0.3) is 0 Å². The van der Waals surface area contributed by atoms with Crippen molar-refractivity contribution in [2.24, 2.45) is 11.5 Å². The molecule has 0 saturated carbocycles. The highest BCUT2D eigenvalue weighted by Crippen LogP contribution is 2.35. The van der Waals surface area contributed by atoms with Crippen LogP contribution < -0.4 is 16.2 Å². The van der Waals surface area contributed by atoms with Crippen molar-refractivity contribution in [3.8, 4) is 5.75 Å². The number of rotatable bonds is 4. The molecule has 0 aliphatic heterocycles. The summed E-state index contributed by atoms with van der Waals surface area (Å²) in [4.78, 5) is 0. The maximum absolute atomic E-state index is 6.26. The summed E-state index contributed by atoms with van der Waals surface area (Å²) >= 11 is 6.26. The second-order valence-electron chi connectivity index (χ2n) is 3.83. The van der Waals surface area contributed by atoms with Crippen LogP contribution in [0.5, 0.6) is 5.75 Å². The molecule has 0 spiro atoms. The van der Waals surface area contributed by atoms with Gasteiger partial charge in [-0.25, -0.2) is 0 Å². The summed E-state index contributed by atoms with van der Waals surface area (Å²) in [5, 5.41) is 0.640. The minimum Gasteiger partial charge on any atom is -0.492 e. The number of nitrogens with two attached hydrogens (primary N) is 2. The van der Waals surface area contributed by atoms with E-state index in [1.165, 1.54) is 0 Å². The standard InChI is InChI=1S/C12H19ClN2O/c1-4-16-12-7(2)5-9(10(15)6-14)8(3)11(12)13/h5,10H,4,6,14-15H2,1-3H3. The maximum atomic E-state index is 6.26. The van der Waals surface area contributed by atoms with Crippen LogP contribution in [-0.4, -0.2) is 13.2 Å². The lowest BCUT2D eigenvalue weighted by Gasteiger charge is -2.18. The first kappa shape index (κ1) is 13.3. The second kappa shape index (κ2) is 5.53. The molecule has 0 heterocycles. The van der Waals surface area contributed by atoms with Crippen LogP contribution in [0.15, 0.2) is 6.07 Å². The first-order chi connectivity index (χ1) is 7.52. The van der Waals surface area contributed by atoms with Gasteiger partial charge >= 0.3 is 0 Å². The van der Waals surface area contributed by atoms with Gasteiger partial charge in [-0.1, -0.05) is 17.7 Å². The van der Waals surface area contributed by atoms with Crippen LogP contribution in [0.4, 0.5) is 0 Å². The predicted octanol–water partition coefficient (Wildman–Crippen LogP) is 2.31. The van der Waals surface area contributed by atoms with Gasteiger partial charge in [0.2, 0.25) is 0 Å². The van der Waals surface area contributed by atoms with E-state index in [4.69, 9.17) is 27.8 Å². The average Bonchev–Trinajstić information content (AvgIpc) is 2.28. The van der Waals surface area contributed by atoms with Crippen LogP contribution in [0.2, 0.25) is 5.02 Å². The fourth-order valence-corrected chi connectivity index (χ4v) is 2.02. The van der Waals surface area contributed by atoms with Crippen LogP contribution in [-0.2, 0) is 0 Å². The molecule has 3 nitrogen and oxygen atoms in total. The highest BCUT2D eigenvalue weighted by atomic mass is 35.5. The maximum Gasteiger partial charge on any atom is 0.141 e. The van der Waals surface area contributed by atoms with Gasteiger partial charge in [-0.05, 0) is 37.5 Å². The summed E-state index contributed by atoms with van der Waals surface area (Å²) in [6, 6.07) is 1.83. The van der Waals surface area contributed by atoms with Crippen molar-refractivity contribution in [1.29, 1.82) is 0 Å². The lowest BCUT2D eigenvalue weighted by atomic mass is 9.98. The van der Waals surface area contributed by atoms with E-state index in [0.717, 1.165) is 22.4 Å². The zero-order valence-corrected chi connectivity index (χ0v) is 10.8. The molecule has 0 fully saturated rings. The molecule has 1 atom stereocenters. The monoisotopic (exact) mass is 242 g/mol. The van der Waals surface area contributed by atoms with E-state index in [9.17, 15) is 0 Å². The fourth-order valence-electron chi connectivity index (χ4n) is 1.71. The van der Waals surface area contributed by atoms with Crippen molar-refractivity contribution in [2.75, 3.05) is 13.2 Å². The van der Waals surface area contributed by atoms with Crippen LogP contribution >= 0.6 is 11.6 Å². The van der Waals surface area contributed by atoms with E-state index in [2.05, 4.69) is 0 Å². The van der Waals surface area contributed by atoms with Crippen LogP contribution in [0.1, 0.15) is 29.7 Å². The van der Waals surface area contributed by atoms with Gasteiger partial charge in [0.25, 0.3) is 0 Å². The molecule has 0 aliphatic carbocycles. The first-order valence-electron chi connectivity index (χ1n) is 5.40. The summed E-state index contributed by atoms with van der Waals surface area (Å²) in [6.07, 6.45) is 0. The molecule has 0 aromatic heterocycles. The highest BCUT2D eigenvalue weighted by Gasteiger charge is 2.16. The third kappa shape index (κ3) is 2.48. The minimum absolute atomic E-state index is 0.174. The van der Waals surface area contributed by atoms with Gasteiger partial charge in [0.05, 0.1) is 11.6 Å². The number of aryl methyl sites for hydroxylation is 1. The quantitative estimate of drug-likeness (QED) is 0.852. The number of ether oxygens (including phenoxy) is 1. The molecule has 1 unspecified atom stereocenters. The van der Waals surface area contributed by atoms with Crippen molar-refractivity contribution in [3.63, 3.8) is 0 Å². The number of benzene rings is 1. The van der Waals surface area contributed by atoms with E-state index >= 15 is 0 Å². The molecule has 4 heteroatoms. The van der Waals surface area contributed by atoms with E-state index < -0.39 is 0 Å². The van der Waals surface area contributed by atoms with Gasteiger partial charge in [-0.2, -0.15) is 0 Å². The Kier molecular flexibility index (Phi) is 4.59. The smallest absolute Gasteiger partial charge is 0.141 e. The number of hydrogen-bond donors (Lipinski definition) is 2. The molecule has 0 bridgehead atoms. The van der Waals surface area contributed by atoms with Gasteiger partial charge in [0, 0.05) is 12.6 Å². The number of hydrogen-bond acceptors (Lipinski definition) is 3. The molecule has 16 heavy (non-hydrogen) atoms. The van der Waals surface area contributed by atoms with Crippen molar-refractivity contribution in [3.05, 3.63) is 27.8 Å². The summed E-state index contributed by atoms with van der Waals surface area (Å²) in [7, 11) is 0. The SMILES string of the molecule is CCOc1c(C)cc(C(N)CN)c(C)c1Cl. The van der Waals surface area contributed by atoms with Crippen molar-refractivity contribution >= 4 is 11.6 Å². The summed E-state index contributed by atoms with van der Waals surface area (Å²) in [6.45, 7) is 6.84. The Morgan fingerprint density at radius 2 is 2.06 bits per heavy atom. The van der Waals surface area contributed by atoms with Crippen molar-refractivity contribution in [2.45, 2.75) is 26.8 Å². The second-order valence-corrected chi connectivity index (χ2v) is 4.20. The molecule has 4 N–H and O–H groups in total. The van der Waals surface area contributed by atoms with E-state index in [-0.39, 0.29) is 6.04 Å². The highest BCUT2D eigenvalue weighted by molar-refractivity contribution is 6.33. The van der Waals surface area contributed by atoms with E-state index in [1.54, 1.807) is 0 Å². The Morgan fingerprint density at radius 3 is 2.56 bits per heavy atom. The molecular weight excluding hydrogens is 224 g/mol. The Morgan fingerprint density at radius 1 is 1.44 bits per heavy atom. The van der Waals surface area contributed by atoms with Crippen LogP contribution in [0, 0.1) is 13.8 Å². The molecular formula is C12H19ClN2O. The Bertz CT molecular complexity index is 380.